The van der Waals surface area contributed by atoms with Crippen molar-refractivity contribution >= 4 is 18.2 Å². The van der Waals surface area contributed by atoms with Gasteiger partial charge in [0.2, 0.25) is 5.91 Å². The van der Waals surface area contributed by atoms with E-state index in [2.05, 4.69) is 38.7 Å². The second-order valence-corrected chi connectivity index (χ2v) is 15.6. The van der Waals surface area contributed by atoms with E-state index in [-0.39, 0.29) is 51.1 Å². The number of nitrogens with one attached hydrogen (secondary N) is 1. The monoisotopic (exact) mass is 537 g/mol. The molecule has 0 aromatic heterocycles. The maximum atomic E-state index is 13.0. The molecule has 5 fully saturated rings. The largest absolute Gasteiger partial charge is 0.458 e. The van der Waals surface area contributed by atoms with E-state index < -0.39 is 0 Å². The molecule has 1 saturated heterocycles. The minimum absolute atomic E-state index is 0.0513. The fourth-order valence-electron chi connectivity index (χ4n) is 10.8. The molecule has 0 aromatic carbocycles. The lowest BCUT2D eigenvalue weighted by molar-refractivity contribution is -0.157. The van der Waals surface area contributed by atoms with Gasteiger partial charge >= 0.3 is 5.97 Å². The number of hydrogen-bond donors (Lipinski definition) is 1. The first-order valence-corrected chi connectivity index (χ1v) is 15.5. The van der Waals surface area contributed by atoms with Gasteiger partial charge in [-0.05, 0) is 130 Å². The van der Waals surface area contributed by atoms with Crippen LogP contribution in [0.3, 0.4) is 0 Å². The van der Waals surface area contributed by atoms with Gasteiger partial charge in [0.15, 0.2) is 0 Å². The van der Waals surface area contributed by atoms with Gasteiger partial charge in [0.25, 0.3) is 0 Å². The van der Waals surface area contributed by atoms with E-state index in [4.69, 9.17) is 4.74 Å². The third kappa shape index (κ3) is 4.19. The van der Waals surface area contributed by atoms with Crippen molar-refractivity contribution in [3.63, 3.8) is 0 Å². The van der Waals surface area contributed by atoms with Crippen LogP contribution < -0.4 is 5.32 Å². The van der Waals surface area contributed by atoms with Crippen molar-refractivity contribution in [2.75, 3.05) is 0 Å². The summed E-state index contributed by atoms with van der Waals surface area (Å²) in [6.45, 7) is 19.8. The molecule has 9 atom stereocenters. The third-order valence-electron chi connectivity index (χ3n) is 12.7. The van der Waals surface area contributed by atoms with Crippen LogP contribution in [0.5, 0.6) is 0 Å². The average molecular weight is 538 g/mol. The maximum absolute atomic E-state index is 13.0. The molecule has 0 unspecified atom stereocenters. The Bertz CT molecular complexity index is 1100. The van der Waals surface area contributed by atoms with Crippen molar-refractivity contribution in [3.05, 3.63) is 23.8 Å². The van der Waals surface area contributed by atoms with E-state index >= 15 is 0 Å². The van der Waals surface area contributed by atoms with Crippen LogP contribution in [0.1, 0.15) is 113 Å². The van der Waals surface area contributed by atoms with Gasteiger partial charge in [-0.2, -0.15) is 0 Å². The van der Waals surface area contributed by atoms with E-state index in [0.717, 1.165) is 44.0 Å². The smallest absolute Gasteiger partial charge is 0.334 e. The van der Waals surface area contributed by atoms with Crippen LogP contribution in [-0.4, -0.2) is 29.8 Å². The SMILES string of the molecule is C=C1C(=O)O[C@@H]2C[C@@H]3[C@]4(CC[C@]5(C)[C@@H]([C@H](C)CC/C=C(\C)C=O)CC[C@@]35C)C[C@]4(CCC(=O)NC(C)(C)C)[C@H]12. The first-order chi connectivity index (χ1) is 18.1. The molecular formula is C34H51NO4. The lowest BCUT2D eigenvalue weighted by Crippen LogP contribution is -2.56. The van der Waals surface area contributed by atoms with E-state index in [1.165, 1.54) is 25.7 Å². The first-order valence-electron chi connectivity index (χ1n) is 15.5. The fraction of sp³-hybridized carbons (Fsp3) is 0.794. The molecule has 5 rings (SSSR count). The molecule has 0 radical (unpaired) electrons. The summed E-state index contributed by atoms with van der Waals surface area (Å²) in [7, 11) is 0. The summed E-state index contributed by atoms with van der Waals surface area (Å²) in [6, 6.07) is 0. The number of rotatable bonds is 8. The Hall–Kier alpha value is -1.91. The van der Waals surface area contributed by atoms with Crippen molar-refractivity contribution in [2.45, 2.75) is 124 Å². The van der Waals surface area contributed by atoms with Gasteiger partial charge < -0.3 is 10.1 Å². The lowest BCUT2D eigenvalue weighted by Gasteiger charge is -2.61. The highest BCUT2D eigenvalue weighted by molar-refractivity contribution is 5.91. The first kappa shape index (κ1) is 28.6. The van der Waals surface area contributed by atoms with E-state index in [1.54, 1.807) is 0 Å². The van der Waals surface area contributed by atoms with Gasteiger partial charge in [0.05, 0.1) is 0 Å². The van der Waals surface area contributed by atoms with Gasteiger partial charge in [-0.3, -0.25) is 9.59 Å². The molecule has 1 spiro atoms. The van der Waals surface area contributed by atoms with Crippen molar-refractivity contribution in [1.29, 1.82) is 0 Å². The van der Waals surface area contributed by atoms with Crippen LogP contribution >= 0.6 is 0 Å². The molecule has 4 aliphatic carbocycles. The highest BCUT2D eigenvalue weighted by Crippen LogP contribution is 2.88. The predicted octanol–water partition coefficient (Wildman–Crippen LogP) is 6.95. The molecule has 1 heterocycles. The summed E-state index contributed by atoms with van der Waals surface area (Å²) in [5.74, 6) is 1.72. The number of ether oxygens (including phenoxy) is 1. The lowest BCUT2D eigenvalue weighted by atomic mass is 9.43. The highest BCUT2D eigenvalue weighted by atomic mass is 16.6. The number of allylic oxidation sites excluding steroid dienone is 2. The summed E-state index contributed by atoms with van der Waals surface area (Å²) in [6.07, 6.45) is 13.3. The number of carbonyl (C=O) groups is 3. The molecule has 5 heteroatoms. The zero-order valence-electron chi connectivity index (χ0n) is 25.5. The van der Waals surface area contributed by atoms with Gasteiger partial charge in [-0.1, -0.05) is 33.4 Å². The predicted molar refractivity (Wildman–Crippen MR) is 154 cm³/mol. The highest BCUT2D eigenvalue weighted by Gasteiger charge is 2.83. The van der Waals surface area contributed by atoms with E-state index in [0.29, 0.717) is 29.7 Å². The summed E-state index contributed by atoms with van der Waals surface area (Å²) >= 11 is 0. The van der Waals surface area contributed by atoms with Crippen LogP contribution in [0, 0.1) is 45.3 Å². The zero-order chi connectivity index (χ0) is 28.6. The molecule has 5 nitrogen and oxygen atoms in total. The molecule has 4 saturated carbocycles. The van der Waals surface area contributed by atoms with Gasteiger partial charge in [-0.25, -0.2) is 4.79 Å². The molecule has 5 aliphatic rings. The quantitative estimate of drug-likeness (QED) is 0.206. The molecule has 1 amide bonds. The molecule has 216 valence electrons. The van der Waals surface area contributed by atoms with E-state index in [1.807, 2.05) is 27.7 Å². The van der Waals surface area contributed by atoms with Crippen LogP contribution in [-0.2, 0) is 19.1 Å². The van der Waals surface area contributed by atoms with Gasteiger partial charge in [0.1, 0.15) is 12.4 Å². The van der Waals surface area contributed by atoms with E-state index in [9.17, 15) is 14.4 Å². The van der Waals surface area contributed by atoms with Gasteiger partial charge in [0, 0.05) is 23.5 Å². The van der Waals surface area contributed by atoms with Crippen LogP contribution in [0.2, 0.25) is 0 Å². The Morgan fingerprint density at radius 2 is 1.92 bits per heavy atom. The summed E-state index contributed by atoms with van der Waals surface area (Å²) in [4.78, 5) is 36.8. The number of hydrogen-bond acceptors (Lipinski definition) is 4. The van der Waals surface area contributed by atoms with Crippen LogP contribution in [0.15, 0.2) is 23.8 Å². The molecular weight excluding hydrogens is 486 g/mol. The molecule has 39 heavy (non-hydrogen) atoms. The Balaban J connectivity index is 1.42. The van der Waals surface area contributed by atoms with Crippen LogP contribution in [0.25, 0.3) is 0 Å². The Morgan fingerprint density at radius 3 is 2.59 bits per heavy atom. The molecule has 1 aliphatic heterocycles. The number of esters is 1. The normalized spacial score (nSPS) is 43.5. The minimum atomic E-state index is -0.249. The number of aldehydes is 1. The summed E-state index contributed by atoms with van der Waals surface area (Å²) in [5, 5.41) is 3.16. The number of carbonyl (C=O) groups excluding carboxylic acids is 3. The topological polar surface area (TPSA) is 72.5 Å². The maximum Gasteiger partial charge on any atom is 0.334 e. The molecule has 0 bridgehead atoms. The Kier molecular flexibility index (Phi) is 6.83. The minimum Gasteiger partial charge on any atom is -0.458 e. The fourth-order valence-corrected chi connectivity index (χ4v) is 10.8. The Labute approximate surface area is 236 Å². The van der Waals surface area contributed by atoms with Crippen molar-refractivity contribution in [2.24, 2.45) is 45.3 Å². The second-order valence-electron chi connectivity index (χ2n) is 15.6. The average Bonchev–Trinajstić information content (AvgIpc) is 3.31. The standard InChI is InChI=1S/C34H51NO4/c1-21(19-36)10-9-11-22(2)24-12-14-32(8)26-18-25-28(23(3)29(38)39-25)34(15-13-27(37)35-30(4,5)6)20-33(26,34)17-16-31(24,32)7/h10,19,22,24-26,28H,3,9,11-18,20H2,1-2,4-8H3,(H,35,37)/b21-10+/t22-,24-,25-,26+,28-,31-,32+,33+,34-/m1/s1. The number of fused-ring (bicyclic) bond motifs is 4. The molecule has 1 N–H and O–H groups in total. The Morgan fingerprint density at radius 1 is 1.21 bits per heavy atom. The zero-order valence-corrected chi connectivity index (χ0v) is 25.5. The third-order valence-corrected chi connectivity index (χ3v) is 12.7. The summed E-state index contributed by atoms with van der Waals surface area (Å²) < 4.78 is 6.05. The molecule has 0 aromatic rings. The number of amides is 1. The van der Waals surface area contributed by atoms with Gasteiger partial charge in [-0.15, -0.1) is 0 Å². The van der Waals surface area contributed by atoms with Crippen molar-refractivity contribution < 1.29 is 19.1 Å². The van der Waals surface area contributed by atoms with Crippen molar-refractivity contribution in [3.8, 4) is 0 Å². The van der Waals surface area contributed by atoms with Crippen molar-refractivity contribution in [1.82, 2.24) is 5.32 Å². The summed E-state index contributed by atoms with van der Waals surface area (Å²) in [5.41, 5.74) is 1.80. The van der Waals surface area contributed by atoms with Crippen LogP contribution in [0.4, 0.5) is 0 Å². The second kappa shape index (κ2) is 9.31.